The summed E-state index contributed by atoms with van der Waals surface area (Å²) >= 11 is 5.89. The predicted octanol–water partition coefficient (Wildman–Crippen LogP) is 2.71. The van der Waals surface area contributed by atoms with Crippen molar-refractivity contribution in [2.24, 2.45) is 0 Å². The third-order valence-electron chi connectivity index (χ3n) is 1.93. The molecule has 0 aliphatic carbocycles. The Morgan fingerprint density at radius 2 is 2.20 bits per heavy atom. The fourth-order valence-corrected chi connectivity index (χ4v) is 1.44. The van der Waals surface area contributed by atoms with Gasteiger partial charge in [-0.1, -0.05) is 16.8 Å². The van der Waals surface area contributed by atoms with E-state index in [4.69, 9.17) is 20.9 Å². The van der Waals surface area contributed by atoms with E-state index in [0.29, 0.717) is 22.5 Å². The van der Waals surface area contributed by atoms with Gasteiger partial charge in [0, 0.05) is 11.9 Å². The fraction of sp³-hybridized carbons (Fsp3) is 0.200. The van der Waals surface area contributed by atoms with E-state index in [-0.39, 0.29) is 0 Å². The number of ether oxygens (including phenoxy) is 1. The minimum absolute atomic E-state index is 0.479. The van der Waals surface area contributed by atoms with Crippen molar-refractivity contribution in [3.8, 4) is 17.1 Å². The van der Waals surface area contributed by atoms with Crippen molar-refractivity contribution in [2.75, 3.05) is 7.11 Å². The Balaban J connectivity index is 2.55. The highest BCUT2D eigenvalue weighted by Crippen LogP contribution is 2.30. The zero-order valence-electron chi connectivity index (χ0n) is 8.32. The fourth-order valence-electron chi connectivity index (χ4n) is 1.26. The molecular weight excluding hydrogens is 216 g/mol. The first kappa shape index (κ1) is 9.98. The second-order valence-corrected chi connectivity index (χ2v) is 3.42. The second-order valence-electron chi connectivity index (χ2n) is 2.98. The molecule has 0 spiro atoms. The van der Waals surface area contributed by atoms with E-state index in [1.54, 1.807) is 32.2 Å². The average Bonchev–Trinajstić information content (AvgIpc) is 2.65. The average molecular weight is 225 g/mol. The van der Waals surface area contributed by atoms with Crippen LogP contribution in [0.4, 0.5) is 0 Å². The first-order chi connectivity index (χ1) is 7.20. The van der Waals surface area contributed by atoms with Crippen LogP contribution >= 0.6 is 11.6 Å². The number of aryl methyl sites for hydroxylation is 1. The number of halogens is 1. The smallest absolute Gasteiger partial charge is 0.223 e. The SMILES string of the molecule is COc1ccc(Cl)cc1-c1noc(C)n1. The van der Waals surface area contributed by atoms with Gasteiger partial charge in [-0.05, 0) is 18.2 Å². The van der Waals surface area contributed by atoms with Gasteiger partial charge in [-0.25, -0.2) is 0 Å². The Bertz CT molecular complexity index is 482. The summed E-state index contributed by atoms with van der Waals surface area (Å²) in [6.07, 6.45) is 0. The number of hydrogen-bond acceptors (Lipinski definition) is 4. The topological polar surface area (TPSA) is 48.2 Å². The molecule has 15 heavy (non-hydrogen) atoms. The summed E-state index contributed by atoms with van der Waals surface area (Å²) in [6, 6.07) is 5.25. The van der Waals surface area contributed by atoms with Crippen molar-refractivity contribution in [2.45, 2.75) is 6.92 Å². The lowest BCUT2D eigenvalue weighted by Gasteiger charge is -2.04. The Morgan fingerprint density at radius 3 is 2.80 bits per heavy atom. The molecule has 0 saturated heterocycles. The normalized spacial score (nSPS) is 10.3. The first-order valence-electron chi connectivity index (χ1n) is 4.35. The van der Waals surface area contributed by atoms with Crippen molar-refractivity contribution in [1.82, 2.24) is 10.1 Å². The number of hydrogen-bond donors (Lipinski definition) is 0. The van der Waals surface area contributed by atoms with Gasteiger partial charge >= 0.3 is 0 Å². The van der Waals surface area contributed by atoms with Crippen LogP contribution in [0.2, 0.25) is 5.02 Å². The van der Waals surface area contributed by atoms with Crippen LogP contribution in [0.25, 0.3) is 11.4 Å². The van der Waals surface area contributed by atoms with Gasteiger partial charge in [-0.15, -0.1) is 0 Å². The maximum absolute atomic E-state index is 5.89. The maximum atomic E-state index is 5.89. The van der Waals surface area contributed by atoms with Gasteiger partial charge in [0.1, 0.15) is 5.75 Å². The van der Waals surface area contributed by atoms with Crippen molar-refractivity contribution >= 4 is 11.6 Å². The van der Waals surface area contributed by atoms with E-state index in [2.05, 4.69) is 10.1 Å². The van der Waals surface area contributed by atoms with Crippen molar-refractivity contribution in [1.29, 1.82) is 0 Å². The third kappa shape index (κ3) is 1.94. The first-order valence-corrected chi connectivity index (χ1v) is 4.72. The highest BCUT2D eigenvalue weighted by atomic mass is 35.5. The largest absolute Gasteiger partial charge is 0.496 e. The molecule has 0 saturated carbocycles. The van der Waals surface area contributed by atoms with Gasteiger partial charge in [0.2, 0.25) is 11.7 Å². The standard InChI is InChI=1S/C10H9ClN2O2/c1-6-12-10(13-15-6)8-5-7(11)3-4-9(8)14-2/h3-5H,1-2H3. The molecule has 0 radical (unpaired) electrons. The number of aromatic nitrogens is 2. The molecule has 1 heterocycles. The molecule has 0 bridgehead atoms. The van der Waals surface area contributed by atoms with Crippen LogP contribution in [-0.2, 0) is 0 Å². The molecule has 0 amide bonds. The molecule has 78 valence electrons. The third-order valence-corrected chi connectivity index (χ3v) is 2.17. The number of rotatable bonds is 2. The van der Waals surface area contributed by atoms with E-state index < -0.39 is 0 Å². The number of methoxy groups -OCH3 is 1. The molecule has 0 fully saturated rings. The maximum Gasteiger partial charge on any atom is 0.223 e. The summed E-state index contributed by atoms with van der Waals surface area (Å²) in [5, 5.41) is 4.42. The molecule has 0 atom stereocenters. The van der Waals surface area contributed by atoms with Crippen LogP contribution in [0.1, 0.15) is 5.89 Å². The van der Waals surface area contributed by atoms with Crippen LogP contribution in [0.15, 0.2) is 22.7 Å². The van der Waals surface area contributed by atoms with Crippen molar-refractivity contribution < 1.29 is 9.26 Å². The lowest BCUT2D eigenvalue weighted by atomic mass is 10.2. The van der Waals surface area contributed by atoms with Crippen LogP contribution in [0.3, 0.4) is 0 Å². The van der Waals surface area contributed by atoms with Gasteiger partial charge in [0.25, 0.3) is 0 Å². The van der Waals surface area contributed by atoms with E-state index in [9.17, 15) is 0 Å². The van der Waals surface area contributed by atoms with E-state index in [0.717, 1.165) is 5.56 Å². The zero-order valence-corrected chi connectivity index (χ0v) is 9.08. The summed E-state index contributed by atoms with van der Waals surface area (Å²) in [4.78, 5) is 4.11. The second kappa shape index (κ2) is 3.90. The van der Waals surface area contributed by atoms with Gasteiger partial charge in [-0.2, -0.15) is 4.98 Å². The monoisotopic (exact) mass is 224 g/mol. The highest BCUT2D eigenvalue weighted by molar-refractivity contribution is 6.30. The molecule has 0 unspecified atom stereocenters. The molecule has 1 aromatic heterocycles. The molecular formula is C10H9ClN2O2. The van der Waals surface area contributed by atoms with E-state index in [1.165, 1.54) is 0 Å². The van der Waals surface area contributed by atoms with Gasteiger partial charge < -0.3 is 9.26 Å². The summed E-state index contributed by atoms with van der Waals surface area (Å²) in [6.45, 7) is 1.73. The van der Waals surface area contributed by atoms with E-state index in [1.807, 2.05) is 0 Å². The molecule has 0 aliphatic rings. The van der Waals surface area contributed by atoms with Gasteiger partial charge in [0.05, 0.1) is 12.7 Å². The molecule has 5 heteroatoms. The molecule has 2 aromatic rings. The lowest BCUT2D eigenvalue weighted by Crippen LogP contribution is -1.89. The summed E-state index contributed by atoms with van der Waals surface area (Å²) in [5.41, 5.74) is 0.724. The van der Waals surface area contributed by atoms with Gasteiger partial charge in [0.15, 0.2) is 0 Å². The molecule has 2 rings (SSSR count). The Kier molecular flexibility index (Phi) is 2.60. The lowest BCUT2D eigenvalue weighted by molar-refractivity contribution is 0.393. The van der Waals surface area contributed by atoms with Crippen LogP contribution < -0.4 is 4.74 Å². The summed E-state index contributed by atoms with van der Waals surface area (Å²) in [7, 11) is 1.58. The summed E-state index contributed by atoms with van der Waals surface area (Å²) < 4.78 is 10.1. The van der Waals surface area contributed by atoms with Crippen LogP contribution in [0, 0.1) is 6.92 Å². The van der Waals surface area contributed by atoms with E-state index >= 15 is 0 Å². The van der Waals surface area contributed by atoms with Crippen molar-refractivity contribution in [3.05, 3.63) is 29.1 Å². The molecule has 4 nitrogen and oxygen atoms in total. The highest BCUT2D eigenvalue weighted by Gasteiger charge is 2.11. The molecule has 0 aliphatic heterocycles. The summed E-state index contributed by atoms with van der Waals surface area (Å²) in [5.74, 6) is 1.65. The Morgan fingerprint density at radius 1 is 1.40 bits per heavy atom. The number of benzene rings is 1. The Labute approximate surface area is 91.8 Å². The number of nitrogens with zero attached hydrogens (tertiary/aromatic N) is 2. The quantitative estimate of drug-likeness (QED) is 0.787. The van der Waals surface area contributed by atoms with Gasteiger partial charge in [-0.3, -0.25) is 0 Å². The predicted molar refractivity (Wildman–Crippen MR) is 56.0 cm³/mol. The minimum Gasteiger partial charge on any atom is -0.496 e. The minimum atomic E-state index is 0.479. The zero-order chi connectivity index (χ0) is 10.8. The molecule has 1 aromatic carbocycles. The van der Waals surface area contributed by atoms with Crippen LogP contribution in [-0.4, -0.2) is 17.3 Å². The Hall–Kier alpha value is -1.55. The van der Waals surface area contributed by atoms with Crippen molar-refractivity contribution in [3.63, 3.8) is 0 Å². The van der Waals surface area contributed by atoms with Crippen LogP contribution in [0.5, 0.6) is 5.75 Å². The molecule has 0 N–H and O–H groups in total.